The Bertz CT molecular complexity index is 1090. The summed E-state index contributed by atoms with van der Waals surface area (Å²) in [4.78, 5) is 28.5. The summed E-state index contributed by atoms with van der Waals surface area (Å²) >= 11 is 3.29. The van der Waals surface area contributed by atoms with Crippen LogP contribution in [0.4, 0.5) is 0 Å². The first-order valence-electron chi connectivity index (χ1n) is 9.35. The minimum atomic E-state index is -3.52. The minimum absolute atomic E-state index is 0.241. The quantitative estimate of drug-likeness (QED) is 0.400. The Kier molecular flexibility index (Phi) is 6.93. The van der Waals surface area contributed by atoms with E-state index in [4.69, 9.17) is 0 Å². The Hall–Kier alpha value is -2.66. The average molecular weight is 496 g/mol. The van der Waals surface area contributed by atoms with Crippen molar-refractivity contribution >= 4 is 43.6 Å². The summed E-state index contributed by atoms with van der Waals surface area (Å²) in [6, 6.07) is 8.37. The number of aliphatic imine (C=N–C) groups is 1. The number of rotatable bonds is 7. The third kappa shape index (κ3) is 5.28. The fraction of sp³-hybridized carbons (Fsp3) is 0.316. The molecule has 30 heavy (non-hydrogen) atoms. The molecule has 11 heteroatoms. The molecular formula is C19H22BrN5O4S. The number of amides is 2. The summed E-state index contributed by atoms with van der Waals surface area (Å²) in [5, 5.41) is 0. The fourth-order valence-corrected chi connectivity index (χ4v) is 4.79. The van der Waals surface area contributed by atoms with Crippen LogP contribution in [0.3, 0.4) is 0 Å². The molecule has 0 atom stereocenters. The van der Waals surface area contributed by atoms with Crippen molar-refractivity contribution in [2.24, 2.45) is 12.0 Å². The third-order valence-electron chi connectivity index (χ3n) is 4.51. The molecule has 0 bridgehead atoms. The third-order valence-corrected chi connectivity index (χ3v) is 6.35. The molecular weight excluding hydrogens is 474 g/mol. The van der Waals surface area contributed by atoms with E-state index in [1.165, 1.54) is 0 Å². The number of amidine groups is 1. The van der Waals surface area contributed by atoms with Crippen molar-refractivity contribution in [3.05, 3.63) is 52.3 Å². The number of hydrogen-bond acceptors (Lipinski definition) is 5. The summed E-state index contributed by atoms with van der Waals surface area (Å²) in [5.74, 6) is -0.314. The van der Waals surface area contributed by atoms with Gasteiger partial charge < -0.3 is 4.57 Å². The number of carbonyl (C=O) groups is 2. The number of hydrogen-bond donors (Lipinski definition) is 3. The Labute approximate surface area is 183 Å². The normalized spacial score (nSPS) is 15.5. The number of carbonyl (C=O) groups excluding carboxylic acids is 2. The number of unbranched alkanes of at least 4 members (excludes halogenated alkanes) is 2. The van der Waals surface area contributed by atoms with Gasteiger partial charge in [0.05, 0.1) is 4.90 Å². The summed E-state index contributed by atoms with van der Waals surface area (Å²) in [7, 11) is -1.78. The molecule has 1 aliphatic heterocycles. The summed E-state index contributed by atoms with van der Waals surface area (Å²) in [6.07, 6.45) is 4.10. The number of benzene rings is 1. The van der Waals surface area contributed by atoms with Gasteiger partial charge in [-0.25, -0.2) is 8.42 Å². The van der Waals surface area contributed by atoms with E-state index in [0.717, 1.165) is 10.9 Å². The van der Waals surface area contributed by atoms with Crippen LogP contribution >= 0.6 is 15.9 Å². The van der Waals surface area contributed by atoms with Crippen LogP contribution in [0, 0.1) is 0 Å². The summed E-state index contributed by atoms with van der Waals surface area (Å²) in [5.41, 5.74) is 5.80. The molecule has 1 aromatic heterocycles. The smallest absolute Gasteiger partial charge is 0.286 e. The van der Waals surface area contributed by atoms with Crippen LogP contribution in [-0.4, -0.2) is 37.2 Å². The van der Waals surface area contributed by atoms with E-state index in [0.29, 0.717) is 36.5 Å². The first-order chi connectivity index (χ1) is 14.3. The molecule has 0 saturated carbocycles. The molecule has 0 radical (unpaired) electrons. The second-order valence-corrected chi connectivity index (χ2v) is 9.37. The molecule has 9 nitrogen and oxygen atoms in total. The van der Waals surface area contributed by atoms with Crippen LogP contribution in [-0.2, 0) is 21.9 Å². The Morgan fingerprint density at radius 3 is 2.67 bits per heavy atom. The van der Waals surface area contributed by atoms with E-state index in [9.17, 15) is 18.0 Å². The van der Waals surface area contributed by atoms with E-state index in [2.05, 4.69) is 36.5 Å². The number of aryl methyl sites for hydroxylation is 1. The van der Waals surface area contributed by atoms with Gasteiger partial charge in [-0.1, -0.05) is 18.6 Å². The highest BCUT2D eigenvalue weighted by molar-refractivity contribution is 9.10. The zero-order valence-corrected chi connectivity index (χ0v) is 18.7. The van der Waals surface area contributed by atoms with Crippen LogP contribution in [0.5, 0.6) is 0 Å². The maximum Gasteiger partial charge on any atom is 0.286 e. The van der Waals surface area contributed by atoms with Gasteiger partial charge in [0, 0.05) is 36.2 Å². The van der Waals surface area contributed by atoms with Crippen molar-refractivity contribution in [2.75, 3.05) is 6.54 Å². The molecule has 2 amide bonds. The monoisotopic (exact) mass is 495 g/mol. The number of halogens is 1. The van der Waals surface area contributed by atoms with Crippen molar-refractivity contribution < 1.29 is 18.0 Å². The van der Waals surface area contributed by atoms with E-state index < -0.39 is 15.9 Å². The topological polar surface area (TPSA) is 122 Å². The fourth-order valence-electron chi connectivity index (χ4n) is 3.02. The predicted octanol–water partition coefficient (Wildman–Crippen LogP) is 1.85. The number of hydrazine groups is 1. The van der Waals surface area contributed by atoms with Crippen molar-refractivity contribution in [2.45, 2.75) is 30.6 Å². The van der Waals surface area contributed by atoms with Crippen molar-refractivity contribution in [1.82, 2.24) is 20.1 Å². The lowest BCUT2D eigenvalue weighted by Crippen LogP contribution is -2.42. The van der Waals surface area contributed by atoms with Crippen LogP contribution in [0.25, 0.3) is 0 Å². The van der Waals surface area contributed by atoms with Crippen LogP contribution in [0.1, 0.15) is 41.7 Å². The van der Waals surface area contributed by atoms with Crippen molar-refractivity contribution in [3.8, 4) is 0 Å². The summed E-state index contributed by atoms with van der Waals surface area (Å²) in [6.45, 7) is 0.451. The molecule has 0 unspecified atom stereocenters. The second kappa shape index (κ2) is 9.43. The van der Waals surface area contributed by atoms with Gasteiger partial charge in [0.2, 0.25) is 5.91 Å². The lowest BCUT2D eigenvalue weighted by atomic mass is 10.2. The summed E-state index contributed by atoms with van der Waals surface area (Å²) < 4.78 is 28.9. The number of nitrogens with one attached hydrogen (secondary N) is 3. The molecule has 2 heterocycles. The SMILES string of the molecule is Cn1cc(Br)cc1C(=O)NNC(=O)CCCCCN=C1NS(=O)(=O)c2ccccc21. The minimum Gasteiger partial charge on any atom is -0.345 e. The van der Waals surface area contributed by atoms with Crippen molar-refractivity contribution in [3.63, 3.8) is 0 Å². The molecule has 0 aliphatic carbocycles. The zero-order chi connectivity index (χ0) is 21.7. The molecule has 0 spiro atoms. The van der Waals surface area contributed by atoms with Gasteiger partial charge in [0.25, 0.3) is 15.9 Å². The zero-order valence-electron chi connectivity index (χ0n) is 16.3. The number of aromatic nitrogens is 1. The van der Waals surface area contributed by atoms with E-state index in [1.54, 1.807) is 48.1 Å². The Morgan fingerprint density at radius 1 is 1.17 bits per heavy atom. The average Bonchev–Trinajstić information content (AvgIpc) is 3.18. The van der Waals surface area contributed by atoms with Gasteiger partial charge in [-0.2, -0.15) is 0 Å². The maximum atomic E-state index is 12.0. The molecule has 3 N–H and O–H groups in total. The number of sulfonamides is 1. The van der Waals surface area contributed by atoms with E-state index in [-0.39, 0.29) is 17.2 Å². The van der Waals surface area contributed by atoms with Gasteiger partial charge in [0.1, 0.15) is 11.5 Å². The van der Waals surface area contributed by atoms with Gasteiger partial charge in [-0.05, 0) is 47.0 Å². The lowest BCUT2D eigenvalue weighted by molar-refractivity contribution is -0.122. The van der Waals surface area contributed by atoms with Crippen molar-refractivity contribution in [1.29, 1.82) is 0 Å². The number of nitrogens with zero attached hydrogens (tertiary/aromatic N) is 2. The molecule has 160 valence electrons. The van der Waals surface area contributed by atoms with E-state index in [1.807, 2.05) is 0 Å². The van der Waals surface area contributed by atoms with Gasteiger partial charge in [-0.3, -0.25) is 30.2 Å². The first-order valence-corrected chi connectivity index (χ1v) is 11.6. The maximum absolute atomic E-state index is 12.0. The van der Waals surface area contributed by atoms with Crippen LogP contribution in [0.15, 0.2) is 50.9 Å². The molecule has 0 saturated heterocycles. The first kappa shape index (κ1) is 22.0. The van der Waals surface area contributed by atoms with Crippen LogP contribution in [0.2, 0.25) is 0 Å². The largest absolute Gasteiger partial charge is 0.345 e. The molecule has 2 aromatic rings. The second-order valence-electron chi connectivity index (χ2n) is 6.80. The van der Waals surface area contributed by atoms with E-state index >= 15 is 0 Å². The Balaban J connectivity index is 1.36. The highest BCUT2D eigenvalue weighted by Crippen LogP contribution is 2.22. The Morgan fingerprint density at radius 2 is 1.93 bits per heavy atom. The molecule has 1 aromatic carbocycles. The number of fused-ring (bicyclic) bond motifs is 1. The molecule has 1 aliphatic rings. The predicted molar refractivity (Wildman–Crippen MR) is 115 cm³/mol. The van der Waals surface area contributed by atoms with Gasteiger partial charge in [0.15, 0.2) is 0 Å². The highest BCUT2D eigenvalue weighted by atomic mass is 79.9. The van der Waals surface area contributed by atoms with Crippen LogP contribution < -0.4 is 15.6 Å². The molecule has 0 fully saturated rings. The van der Waals surface area contributed by atoms with Gasteiger partial charge in [-0.15, -0.1) is 0 Å². The highest BCUT2D eigenvalue weighted by Gasteiger charge is 2.29. The standard InChI is InChI=1S/C19H22BrN5O4S/c1-25-12-13(20)11-15(25)19(27)23-22-17(26)9-3-2-6-10-21-18-14-7-4-5-8-16(14)30(28,29)24-18/h4-5,7-8,11-12H,2-3,6,9-10H2,1H3,(H,21,24)(H,22,26)(H,23,27). The lowest BCUT2D eigenvalue weighted by Gasteiger charge is -2.07. The molecule has 3 rings (SSSR count). The van der Waals surface area contributed by atoms with Gasteiger partial charge >= 0.3 is 0 Å².